The van der Waals surface area contributed by atoms with Crippen molar-refractivity contribution in [3.8, 4) is 11.3 Å². The summed E-state index contributed by atoms with van der Waals surface area (Å²) in [6, 6.07) is 3.90. The first-order chi connectivity index (χ1) is 9.00. The molecule has 0 saturated carbocycles. The smallest absolute Gasteiger partial charge is 0.131 e. The van der Waals surface area contributed by atoms with E-state index in [1.54, 1.807) is 6.20 Å². The Morgan fingerprint density at radius 2 is 2.00 bits per heavy atom. The molecule has 0 atom stereocenters. The molecular formula is C15H22N4. The maximum atomic E-state index is 6.29. The first kappa shape index (κ1) is 13.6. The zero-order valence-electron chi connectivity index (χ0n) is 12.1. The normalized spacial score (nSPS) is 11.5. The zero-order chi connectivity index (χ0) is 14.0. The Morgan fingerprint density at radius 3 is 2.53 bits per heavy atom. The third-order valence-electron chi connectivity index (χ3n) is 3.04. The van der Waals surface area contributed by atoms with Crippen LogP contribution in [0.15, 0.2) is 24.5 Å². The highest BCUT2D eigenvalue weighted by molar-refractivity contribution is 5.70. The maximum absolute atomic E-state index is 6.29. The van der Waals surface area contributed by atoms with Gasteiger partial charge in [-0.25, -0.2) is 4.98 Å². The van der Waals surface area contributed by atoms with Gasteiger partial charge in [-0.05, 0) is 18.1 Å². The fourth-order valence-corrected chi connectivity index (χ4v) is 2.20. The van der Waals surface area contributed by atoms with Crippen LogP contribution in [0.1, 0.15) is 39.4 Å². The minimum Gasteiger partial charge on any atom is -0.383 e. The second-order valence-corrected chi connectivity index (χ2v) is 5.60. The van der Waals surface area contributed by atoms with Crippen molar-refractivity contribution in [2.24, 2.45) is 5.92 Å². The summed E-state index contributed by atoms with van der Waals surface area (Å²) < 4.78 is 2.14. The Kier molecular flexibility index (Phi) is 3.88. The van der Waals surface area contributed by atoms with E-state index in [0.29, 0.717) is 11.8 Å². The second-order valence-electron chi connectivity index (χ2n) is 5.60. The average Bonchev–Trinajstić information content (AvgIpc) is 2.68. The standard InChI is InChI=1S/C15H22N4/c1-10(2)9-19-14(16)13(18-15(19)11(3)4)12-6-5-7-17-8-12/h5-8,10-11H,9,16H2,1-4H3. The van der Waals surface area contributed by atoms with Crippen molar-refractivity contribution in [1.82, 2.24) is 14.5 Å². The average molecular weight is 258 g/mol. The van der Waals surface area contributed by atoms with Gasteiger partial charge in [0.1, 0.15) is 17.3 Å². The topological polar surface area (TPSA) is 56.7 Å². The molecule has 4 heteroatoms. The van der Waals surface area contributed by atoms with E-state index in [2.05, 4.69) is 37.2 Å². The van der Waals surface area contributed by atoms with Crippen molar-refractivity contribution in [3.63, 3.8) is 0 Å². The first-order valence-corrected chi connectivity index (χ1v) is 6.77. The number of hydrogen-bond donors (Lipinski definition) is 1. The second kappa shape index (κ2) is 5.43. The van der Waals surface area contributed by atoms with E-state index in [0.717, 1.165) is 29.4 Å². The molecule has 2 aromatic heterocycles. The predicted molar refractivity (Wildman–Crippen MR) is 78.8 cm³/mol. The Labute approximate surface area is 114 Å². The first-order valence-electron chi connectivity index (χ1n) is 6.77. The molecule has 0 spiro atoms. The lowest BCUT2D eigenvalue weighted by molar-refractivity contribution is 0.502. The molecule has 0 radical (unpaired) electrons. The number of rotatable bonds is 4. The fourth-order valence-electron chi connectivity index (χ4n) is 2.20. The van der Waals surface area contributed by atoms with Crippen LogP contribution in [-0.4, -0.2) is 14.5 Å². The lowest BCUT2D eigenvalue weighted by Gasteiger charge is -2.14. The summed E-state index contributed by atoms with van der Waals surface area (Å²) in [7, 11) is 0. The molecule has 2 aromatic rings. The third kappa shape index (κ3) is 2.78. The Bertz CT molecular complexity index is 541. The maximum Gasteiger partial charge on any atom is 0.131 e. The summed E-state index contributed by atoms with van der Waals surface area (Å²) in [4.78, 5) is 8.87. The molecule has 2 heterocycles. The van der Waals surface area contributed by atoms with Crippen LogP contribution in [0.2, 0.25) is 0 Å². The van der Waals surface area contributed by atoms with Crippen LogP contribution in [0.25, 0.3) is 11.3 Å². The van der Waals surface area contributed by atoms with E-state index in [4.69, 9.17) is 10.7 Å². The minimum atomic E-state index is 0.353. The van der Waals surface area contributed by atoms with Crippen LogP contribution in [0, 0.1) is 5.92 Å². The number of anilines is 1. The van der Waals surface area contributed by atoms with Gasteiger partial charge in [0.15, 0.2) is 0 Å². The Hall–Kier alpha value is -1.84. The number of hydrogen-bond acceptors (Lipinski definition) is 3. The lowest BCUT2D eigenvalue weighted by Crippen LogP contribution is -2.12. The van der Waals surface area contributed by atoms with Crippen LogP contribution in [0.5, 0.6) is 0 Å². The summed E-state index contributed by atoms with van der Waals surface area (Å²) in [6.45, 7) is 9.56. The molecule has 0 unspecified atom stereocenters. The van der Waals surface area contributed by atoms with Gasteiger partial charge in [0, 0.05) is 30.4 Å². The fraction of sp³-hybridized carbons (Fsp3) is 0.467. The van der Waals surface area contributed by atoms with E-state index in [9.17, 15) is 0 Å². The molecule has 2 N–H and O–H groups in total. The van der Waals surface area contributed by atoms with E-state index in [-0.39, 0.29) is 0 Å². The van der Waals surface area contributed by atoms with Crippen molar-refractivity contribution < 1.29 is 0 Å². The molecule has 2 rings (SSSR count). The van der Waals surface area contributed by atoms with Crippen molar-refractivity contribution in [2.45, 2.75) is 40.2 Å². The van der Waals surface area contributed by atoms with E-state index in [1.165, 1.54) is 0 Å². The molecule has 0 fully saturated rings. The van der Waals surface area contributed by atoms with Crippen LogP contribution >= 0.6 is 0 Å². The van der Waals surface area contributed by atoms with Crippen LogP contribution in [0.4, 0.5) is 5.82 Å². The number of pyridine rings is 1. The van der Waals surface area contributed by atoms with Crippen molar-refractivity contribution >= 4 is 5.82 Å². The number of aromatic nitrogens is 3. The summed E-state index contributed by atoms with van der Waals surface area (Å²) >= 11 is 0. The number of nitrogens with two attached hydrogens (primary N) is 1. The van der Waals surface area contributed by atoms with Gasteiger partial charge in [-0.1, -0.05) is 27.7 Å². The van der Waals surface area contributed by atoms with Crippen molar-refractivity contribution in [1.29, 1.82) is 0 Å². The molecule has 0 aliphatic rings. The van der Waals surface area contributed by atoms with Gasteiger partial charge < -0.3 is 10.3 Å². The minimum absolute atomic E-state index is 0.353. The van der Waals surface area contributed by atoms with Crippen LogP contribution < -0.4 is 5.73 Å². The van der Waals surface area contributed by atoms with Crippen molar-refractivity contribution in [3.05, 3.63) is 30.4 Å². The summed E-state index contributed by atoms with van der Waals surface area (Å²) in [6.07, 6.45) is 3.57. The van der Waals surface area contributed by atoms with Gasteiger partial charge in [-0.2, -0.15) is 0 Å². The highest BCUT2D eigenvalue weighted by atomic mass is 15.1. The Balaban J connectivity index is 2.52. The summed E-state index contributed by atoms with van der Waals surface area (Å²) in [5.74, 6) is 2.68. The lowest BCUT2D eigenvalue weighted by atomic mass is 10.2. The molecule has 4 nitrogen and oxygen atoms in total. The van der Waals surface area contributed by atoms with E-state index >= 15 is 0 Å². The highest BCUT2D eigenvalue weighted by Crippen LogP contribution is 2.29. The monoisotopic (exact) mass is 258 g/mol. The number of nitrogens with zero attached hydrogens (tertiary/aromatic N) is 3. The van der Waals surface area contributed by atoms with Gasteiger partial charge in [-0.3, -0.25) is 4.98 Å². The Morgan fingerprint density at radius 1 is 1.26 bits per heavy atom. The molecule has 0 aliphatic heterocycles. The van der Waals surface area contributed by atoms with Gasteiger partial charge >= 0.3 is 0 Å². The van der Waals surface area contributed by atoms with Crippen molar-refractivity contribution in [2.75, 3.05) is 5.73 Å². The van der Waals surface area contributed by atoms with Crippen LogP contribution in [-0.2, 0) is 6.54 Å². The number of imidazole rings is 1. The zero-order valence-corrected chi connectivity index (χ0v) is 12.1. The van der Waals surface area contributed by atoms with E-state index < -0.39 is 0 Å². The van der Waals surface area contributed by atoms with Gasteiger partial charge in [0.05, 0.1) is 0 Å². The van der Waals surface area contributed by atoms with Gasteiger partial charge in [-0.15, -0.1) is 0 Å². The summed E-state index contributed by atoms with van der Waals surface area (Å²) in [5, 5.41) is 0. The molecule has 0 saturated heterocycles. The molecule has 102 valence electrons. The number of nitrogen functional groups attached to an aromatic ring is 1. The molecule has 19 heavy (non-hydrogen) atoms. The predicted octanol–water partition coefficient (Wildman–Crippen LogP) is 3.31. The molecular weight excluding hydrogens is 236 g/mol. The van der Waals surface area contributed by atoms with E-state index in [1.807, 2.05) is 18.3 Å². The molecule has 0 bridgehead atoms. The highest BCUT2D eigenvalue weighted by Gasteiger charge is 2.18. The van der Waals surface area contributed by atoms with Gasteiger partial charge in [0.2, 0.25) is 0 Å². The third-order valence-corrected chi connectivity index (χ3v) is 3.04. The largest absolute Gasteiger partial charge is 0.383 e. The van der Waals surface area contributed by atoms with Gasteiger partial charge in [0.25, 0.3) is 0 Å². The molecule has 0 aromatic carbocycles. The SMILES string of the molecule is CC(C)Cn1c(C(C)C)nc(-c2cccnc2)c1N. The van der Waals surface area contributed by atoms with Crippen LogP contribution in [0.3, 0.4) is 0 Å². The summed E-state index contributed by atoms with van der Waals surface area (Å²) in [5.41, 5.74) is 8.12. The quantitative estimate of drug-likeness (QED) is 0.915. The molecule has 0 amide bonds. The molecule has 0 aliphatic carbocycles.